The van der Waals surface area contributed by atoms with Crippen LogP contribution in [0.15, 0.2) is 47.4 Å². The summed E-state index contributed by atoms with van der Waals surface area (Å²) in [5, 5.41) is 13.7. The number of benzene rings is 2. The summed E-state index contributed by atoms with van der Waals surface area (Å²) in [5.41, 5.74) is 1.38. The molecule has 1 aliphatic rings. The van der Waals surface area contributed by atoms with Gasteiger partial charge in [-0.15, -0.1) is 11.8 Å². The van der Waals surface area contributed by atoms with E-state index in [0.717, 1.165) is 4.90 Å². The molecular weight excluding hydrogens is 356 g/mol. The number of amides is 1. The molecule has 1 heterocycles. The number of carbonyl (C=O) groups excluding carboxylic acids is 2. The lowest BCUT2D eigenvalue weighted by Gasteiger charge is -2.14. The molecule has 1 aliphatic heterocycles. The first kappa shape index (κ1) is 17.9. The molecule has 8 heteroatoms. The summed E-state index contributed by atoms with van der Waals surface area (Å²) in [5.74, 6) is 0.0361. The lowest BCUT2D eigenvalue weighted by Crippen LogP contribution is -2.12. The number of rotatable bonds is 4. The molecule has 0 aliphatic carbocycles. The number of ether oxygens (including phenoxy) is 1. The minimum Gasteiger partial charge on any atom is -0.454 e. The number of nitrogens with one attached hydrogen (secondary N) is 1. The van der Waals surface area contributed by atoms with Crippen LogP contribution in [-0.2, 0) is 9.53 Å². The highest BCUT2D eigenvalue weighted by molar-refractivity contribution is 7.99. The Morgan fingerprint density at radius 1 is 1.31 bits per heavy atom. The lowest BCUT2D eigenvalue weighted by molar-refractivity contribution is -0.385. The summed E-state index contributed by atoms with van der Waals surface area (Å²) in [6.07, 6.45) is -0.228. The molecule has 1 amide bonds. The fourth-order valence-corrected chi connectivity index (χ4v) is 3.47. The smallest absolute Gasteiger partial charge is 0.338 e. The molecule has 0 bridgehead atoms. The van der Waals surface area contributed by atoms with Crippen LogP contribution in [0.4, 0.5) is 11.4 Å². The van der Waals surface area contributed by atoms with Crippen molar-refractivity contribution in [1.82, 2.24) is 0 Å². The second-order valence-electron chi connectivity index (χ2n) is 5.76. The predicted molar refractivity (Wildman–Crippen MR) is 97.3 cm³/mol. The van der Waals surface area contributed by atoms with Crippen molar-refractivity contribution in [2.75, 3.05) is 11.1 Å². The summed E-state index contributed by atoms with van der Waals surface area (Å²) in [6, 6.07) is 11.0. The van der Waals surface area contributed by atoms with Gasteiger partial charge in [-0.25, -0.2) is 4.79 Å². The first-order valence-electron chi connectivity index (χ1n) is 7.96. The molecule has 0 aromatic heterocycles. The highest BCUT2D eigenvalue weighted by Crippen LogP contribution is 2.32. The largest absolute Gasteiger partial charge is 0.454 e. The molecule has 1 N–H and O–H groups in total. The zero-order chi connectivity index (χ0) is 18.7. The first-order valence-corrected chi connectivity index (χ1v) is 8.94. The fourth-order valence-electron chi connectivity index (χ4n) is 2.53. The summed E-state index contributed by atoms with van der Waals surface area (Å²) in [7, 11) is 0. The van der Waals surface area contributed by atoms with Gasteiger partial charge in [0.2, 0.25) is 5.91 Å². The van der Waals surface area contributed by atoms with Crippen LogP contribution in [0.2, 0.25) is 0 Å². The number of thioether (sulfide) groups is 1. The van der Waals surface area contributed by atoms with Gasteiger partial charge in [-0.05, 0) is 30.7 Å². The van der Waals surface area contributed by atoms with E-state index in [-0.39, 0.29) is 11.6 Å². The molecule has 7 nitrogen and oxygen atoms in total. The van der Waals surface area contributed by atoms with Crippen LogP contribution in [0.1, 0.15) is 35.4 Å². The Hall–Kier alpha value is -2.87. The third-order valence-electron chi connectivity index (χ3n) is 3.91. The Bertz CT molecular complexity index is 884. The summed E-state index contributed by atoms with van der Waals surface area (Å²) < 4.78 is 5.43. The van der Waals surface area contributed by atoms with Crippen molar-refractivity contribution >= 4 is 35.0 Å². The number of nitro groups is 1. The number of hydrogen-bond acceptors (Lipinski definition) is 6. The monoisotopic (exact) mass is 372 g/mol. The second kappa shape index (κ2) is 7.57. The summed E-state index contributed by atoms with van der Waals surface area (Å²) >= 11 is 1.55. The molecule has 0 unspecified atom stereocenters. The van der Waals surface area contributed by atoms with Gasteiger partial charge in [0, 0.05) is 29.2 Å². The molecule has 0 saturated carbocycles. The van der Waals surface area contributed by atoms with Crippen molar-refractivity contribution < 1.29 is 19.2 Å². The van der Waals surface area contributed by atoms with Crippen LogP contribution in [0.5, 0.6) is 0 Å². The van der Waals surface area contributed by atoms with Crippen LogP contribution in [0, 0.1) is 10.1 Å². The van der Waals surface area contributed by atoms with E-state index in [2.05, 4.69) is 5.32 Å². The first-order chi connectivity index (χ1) is 12.4. The van der Waals surface area contributed by atoms with Crippen LogP contribution >= 0.6 is 11.8 Å². The van der Waals surface area contributed by atoms with Gasteiger partial charge in [0.1, 0.15) is 6.10 Å². The molecule has 2 aromatic rings. The molecule has 0 fully saturated rings. The van der Waals surface area contributed by atoms with Gasteiger partial charge in [-0.2, -0.15) is 0 Å². The minimum atomic E-state index is -0.648. The van der Waals surface area contributed by atoms with Crippen molar-refractivity contribution in [3.05, 3.63) is 63.7 Å². The van der Waals surface area contributed by atoms with Crippen molar-refractivity contribution in [2.24, 2.45) is 0 Å². The number of esters is 1. The normalized spacial score (nSPS) is 14.6. The van der Waals surface area contributed by atoms with Gasteiger partial charge in [0.05, 0.1) is 16.2 Å². The average molecular weight is 372 g/mol. The van der Waals surface area contributed by atoms with E-state index in [0.29, 0.717) is 29.0 Å². The quantitative estimate of drug-likeness (QED) is 0.496. The van der Waals surface area contributed by atoms with Crippen molar-refractivity contribution in [3.8, 4) is 0 Å². The van der Waals surface area contributed by atoms with Crippen LogP contribution < -0.4 is 5.32 Å². The van der Waals surface area contributed by atoms with E-state index >= 15 is 0 Å². The Morgan fingerprint density at radius 3 is 2.88 bits per heavy atom. The molecule has 3 rings (SSSR count). The number of hydrogen-bond donors (Lipinski definition) is 1. The molecule has 0 radical (unpaired) electrons. The third kappa shape index (κ3) is 4.02. The zero-order valence-corrected chi connectivity index (χ0v) is 14.7. The van der Waals surface area contributed by atoms with Gasteiger partial charge in [-0.1, -0.05) is 12.1 Å². The number of nitro benzene ring substituents is 1. The number of nitrogens with zero attached hydrogens (tertiary/aromatic N) is 1. The average Bonchev–Trinajstić information content (AvgIpc) is 2.81. The molecule has 26 heavy (non-hydrogen) atoms. The number of carbonyl (C=O) groups is 2. The van der Waals surface area contributed by atoms with E-state index in [1.165, 1.54) is 12.1 Å². The third-order valence-corrected chi connectivity index (χ3v) is 4.99. The van der Waals surface area contributed by atoms with Gasteiger partial charge in [-0.3, -0.25) is 14.9 Å². The number of non-ortho nitro benzene ring substituents is 1. The maximum atomic E-state index is 12.4. The topological polar surface area (TPSA) is 98.5 Å². The summed E-state index contributed by atoms with van der Waals surface area (Å²) in [6.45, 7) is 1.65. The Labute approximate surface area is 153 Å². The number of anilines is 1. The van der Waals surface area contributed by atoms with Crippen molar-refractivity contribution in [2.45, 2.75) is 24.3 Å². The summed E-state index contributed by atoms with van der Waals surface area (Å²) in [4.78, 5) is 35.4. The van der Waals surface area contributed by atoms with Gasteiger partial charge < -0.3 is 10.1 Å². The standard InChI is InChI=1S/C18H16N2O5S/c1-11(12-3-2-4-14(9-12)20(23)24)25-18(22)13-5-6-16-15(10-13)19-17(21)7-8-26-16/h2-6,9-11H,7-8H2,1H3,(H,19,21)/t11-/m0/s1. The molecule has 0 saturated heterocycles. The fraction of sp³-hybridized carbons (Fsp3) is 0.222. The molecule has 1 atom stereocenters. The van der Waals surface area contributed by atoms with E-state index in [1.54, 1.807) is 49.0 Å². The second-order valence-corrected chi connectivity index (χ2v) is 6.89. The Morgan fingerprint density at radius 2 is 2.12 bits per heavy atom. The van der Waals surface area contributed by atoms with Crippen LogP contribution in [-0.4, -0.2) is 22.6 Å². The maximum Gasteiger partial charge on any atom is 0.338 e. The van der Waals surface area contributed by atoms with Crippen LogP contribution in [0.3, 0.4) is 0 Å². The molecule has 0 spiro atoms. The molecular formula is C18H16N2O5S. The SMILES string of the molecule is C[C@H](OC(=O)c1ccc2c(c1)NC(=O)CCS2)c1cccc([N+](=O)[O-])c1. The minimum absolute atomic E-state index is 0.0600. The van der Waals surface area contributed by atoms with E-state index in [4.69, 9.17) is 4.74 Å². The van der Waals surface area contributed by atoms with Gasteiger partial charge in [0.15, 0.2) is 0 Å². The van der Waals surface area contributed by atoms with Crippen molar-refractivity contribution in [3.63, 3.8) is 0 Å². The van der Waals surface area contributed by atoms with E-state index in [1.807, 2.05) is 0 Å². The number of fused-ring (bicyclic) bond motifs is 1. The zero-order valence-electron chi connectivity index (χ0n) is 13.9. The highest BCUT2D eigenvalue weighted by Gasteiger charge is 2.19. The van der Waals surface area contributed by atoms with E-state index in [9.17, 15) is 19.7 Å². The van der Waals surface area contributed by atoms with Gasteiger partial charge in [0.25, 0.3) is 5.69 Å². The lowest BCUT2D eigenvalue weighted by atomic mass is 10.1. The maximum absolute atomic E-state index is 12.4. The van der Waals surface area contributed by atoms with E-state index < -0.39 is 17.0 Å². The predicted octanol–water partition coefficient (Wildman–Crippen LogP) is 3.95. The van der Waals surface area contributed by atoms with Crippen molar-refractivity contribution in [1.29, 1.82) is 0 Å². The Balaban J connectivity index is 1.76. The van der Waals surface area contributed by atoms with Crippen LogP contribution in [0.25, 0.3) is 0 Å². The molecule has 2 aromatic carbocycles. The highest BCUT2D eigenvalue weighted by atomic mass is 32.2. The Kier molecular flexibility index (Phi) is 5.22. The van der Waals surface area contributed by atoms with Gasteiger partial charge >= 0.3 is 5.97 Å². The molecule has 134 valence electrons.